The van der Waals surface area contributed by atoms with Crippen molar-refractivity contribution in [3.63, 3.8) is 0 Å². The first-order valence-electron chi connectivity index (χ1n) is 17.4. The summed E-state index contributed by atoms with van der Waals surface area (Å²) in [4.78, 5) is 25.7. The number of hydrogen-bond acceptors (Lipinski definition) is 5. The number of unbranched alkanes of at least 4 members (excludes halogenated alkanes) is 10. The molecule has 0 aliphatic carbocycles. The van der Waals surface area contributed by atoms with Gasteiger partial charge in [0, 0.05) is 0 Å². The molecule has 0 fully saturated rings. The molecule has 0 saturated heterocycles. The minimum Gasteiger partial charge on any atom is -0.494 e. The zero-order valence-electron chi connectivity index (χ0n) is 27.9. The summed E-state index contributed by atoms with van der Waals surface area (Å²) >= 11 is 0. The molecule has 0 spiro atoms. The van der Waals surface area contributed by atoms with Crippen molar-refractivity contribution in [2.24, 2.45) is 0 Å². The molecule has 244 valence electrons. The molecule has 0 amide bonds. The van der Waals surface area contributed by atoms with Crippen molar-refractivity contribution < 1.29 is 23.8 Å². The highest BCUT2D eigenvalue weighted by molar-refractivity contribution is 5.92. The van der Waals surface area contributed by atoms with Gasteiger partial charge in [0.1, 0.15) is 17.6 Å². The minimum absolute atomic E-state index is 0.0532. The molecule has 0 bridgehead atoms. The first kappa shape index (κ1) is 35.9. The van der Waals surface area contributed by atoms with Gasteiger partial charge < -0.3 is 14.2 Å². The fourth-order valence-electron chi connectivity index (χ4n) is 5.34. The Kier molecular flexibility index (Phi) is 16.9. The number of carbonyl (C=O) groups is 2. The van der Waals surface area contributed by atoms with E-state index in [-0.39, 0.29) is 12.1 Å². The lowest BCUT2D eigenvalue weighted by Crippen LogP contribution is -2.18. The second-order valence-electron chi connectivity index (χ2n) is 12.0. The van der Waals surface area contributed by atoms with Crippen molar-refractivity contribution in [3.05, 3.63) is 83.9 Å². The highest BCUT2D eigenvalue weighted by Crippen LogP contribution is 2.24. The Labute approximate surface area is 271 Å². The van der Waals surface area contributed by atoms with Gasteiger partial charge in [0.2, 0.25) is 0 Å². The van der Waals surface area contributed by atoms with Gasteiger partial charge in [-0.2, -0.15) is 0 Å². The van der Waals surface area contributed by atoms with Gasteiger partial charge in [-0.3, -0.25) is 0 Å². The van der Waals surface area contributed by atoms with Crippen LogP contribution in [0, 0.1) is 0 Å². The molecule has 5 heteroatoms. The Morgan fingerprint density at radius 2 is 0.956 bits per heavy atom. The summed E-state index contributed by atoms with van der Waals surface area (Å²) in [5.41, 5.74) is 2.99. The first-order valence-corrected chi connectivity index (χ1v) is 17.4. The zero-order valence-corrected chi connectivity index (χ0v) is 27.9. The summed E-state index contributed by atoms with van der Waals surface area (Å²) in [5, 5.41) is 0. The third kappa shape index (κ3) is 13.5. The van der Waals surface area contributed by atoms with E-state index in [4.69, 9.17) is 14.2 Å². The van der Waals surface area contributed by atoms with Gasteiger partial charge in [0.05, 0.1) is 17.7 Å². The molecule has 3 aromatic carbocycles. The summed E-state index contributed by atoms with van der Waals surface area (Å²) in [7, 11) is 0. The molecule has 3 rings (SSSR count). The van der Waals surface area contributed by atoms with Crippen molar-refractivity contribution >= 4 is 11.9 Å². The van der Waals surface area contributed by atoms with Gasteiger partial charge in [-0.15, -0.1) is 0 Å². The van der Waals surface area contributed by atoms with Crippen LogP contribution in [0.25, 0.3) is 11.1 Å². The molecule has 0 aliphatic rings. The van der Waals surface area contributed by atoms with Gasteiger partial charge in [0.25, 0.3) is 0 Å². The van der Waals surface area contributed by atoms with Crippen LogP contribution in [0.2, 0.25) is 0 Å². The van der Waals surface area contributed by atoms with E-state index in [0.29, 0.717) is 16.9 Å². The van der Waals surface area contributed by atoms with E-state index in [9.17, 15) is 9.59 Å². The fourth-order valence-corrected chi connectivity index (χ4v) is 5.34. The smallest absolute Gasteiger partial charge is 0.343 e. The highest BCUT2D eigenvalue weighted by Gasteiger charge is 2.17. The van der Waals surface area contributed by atoms with Gasteiger partial charge >= 0.3 is 11.9 Å². The molecule has 0 heterocycles. The van der Waals surface area contributed by atoms with E-state index in [1.807, 2.05) is 36.4 Å². The molecule has 45 heavy (non-hydrogen) atoms. The average Bonchev–Trinajstić information content (AvgIpc) is 3.07. The van der Waals surface area contributed by atoms with Gasteiger partial charge in [0.15, 0.2) is 0 Å². The molecular formula is C40H54O5. The Balaban J connectivity index is 1.47. The lowest BCUT2D eigenvalue weighted by atomic mass is 10.0. The topological polar surface area (TPSA) is 61.8 Å². The number of hydrogen-bond donors (Lipinski definition) is 0. The maximum atomic E-state index is 12.9. The van der Waals surface area contributed by atoms with Crippen molar-refractivity contribution in [3.8, 4) is 22.6 Å². The van der Waals surface area contributed by atoms with Crippen molar-refractivity contribution in [1.29, 1.82) is 0 Å². The van der Waals surface area contributed by atoms with E-state index < -0.39 is 5.97 Å². The number of carbonyl (C=O) groups excluding carboxylic acids is 2. The standard InChI is InChI=1S/C40H54O5/c1-4-7-10-12-13-16-31-43-36-27-23-33(24-28-36)32-19-21-34(22-20-32)39(41)45-38-29-25-35(26-30-38)40(42)44-37(17-14-9-6-3)18-15-11-8-5-2/h19-30,37H,4-18,31H2,1-3H3/t37-/m1/s1. The molecule has 0 radical (unpaired) electrons. The van der Waals surface area contributed by atoms with Gasteiger partial charge in [-0.1, -0.05) is 109 Å². The molecular weight excluding hydrogens is 560 g/mol. The van der Waals surface area contributed by atoms with Crippen LogP contribution in [0.4, 0.5) is 0 Å². The Morgan fingerprint density at radius 1 is 0.511 bits per heavy atom. The van der Waals surface area contributed by atoms with Crippen LogP contribution in [0.3, 0.4) is 0 Å². The second kappa shape index (κ2) is 21.2. The van der Waals surface area contributed by atoms with E-state index >= 15 is 0 Å². The highest BCUT2D eigenvalue weighted by atomic mass is 16.5. The van der Waals surface area contributed by atoms with Crippen LogP contribution < -0.4 is 9.47 Å². The minimum atomic E-state index is -0.446. The van der Waals surface area contributed by atoms with Crippen LogP contribution in [0.15, 0.2) is 72.8 Å². The maximum Gasteiger partial charge on any atom is 0.343 e. The molecule has 1 atom stereocenters. The summed E-state index contributed by atoms with van der Waals surface area (Å²) in [6.07, 6.45) is 17.2. The van der Waals surface area contributed by atoms with Crippen molar-refractivity contribution in [1.82, 2.24) is 0 Å². The Bertz CT molecular complexity index is 1230. The van der Waals surface area contributed by atoms with E-state index in [1.165, 1.54) is 51.4 Å². The third-order valence-corrected chi connectivity index (χ3v) is 8.16. The van der Waals surface area contributed by atoms with E-state index in [2.05, 4.69) is 20.8 Å². The SMILES string of the molecule is CCCCCCCCOc1ccc(-c2ccc(C(=O)Oc3ccc(C(=O)O[C@H](CCCCC)CCCCCC)cc3)cc2)cc1. The predicted molar refractivity (Wildman–Crippen MR) is 184 cm³/mol. The van der Waals surface area contributed by atoms with Crippen LogP contribution in [0.5, 0.6) is 11.5 Å². The first-order chi connectivity index (χ1) is 22.0. The molecule has 0 aromatic heterocycles. The number of benzene rings is 3. The number of rotatable bonds is 22. The van der Waals surface area contributed by atoms with E-state index in [0.717, 1.165) is 68.4 Å². The summed E-state index contributed by atoms with van der Waals surface area (Å²) in [5.74, 6) is 0.494. The predicted octanol–water partition coefficient (Wildman–Crippen LogP) is 11.4. The van der Waals surface area contributed by atoms with Crippen LogP contribution in [-0.4, -0.2) is 24.6 Å². The van der Waals surface area contributed by atoms with Gasteiger partial charge in [-0.25, -0.2) is 9.59 Å². The van der Waals surface area contributed by atoms with Gasteiger partial charge in [-0.05, 0) is 91.8 Å². The molecule has 0 saturated carbocycles. The summed E-state index contributed by atoms with van der Waals surface area (Å²) in [6.45, 7) is 7.36. The summed E-state index contributed by atoms with van der Waals surface area (Å²) < 4.78 is 17.4. The van der Waals surface area contributed by atoms with E-state index in [1.54, 1.807) is 36.4 Å². The Hall–Kier alpha value is -3.60. The average molecular weight is 615 g/mol. The van der Waals surface area contributed by atoms with Crippen LogP contribution in [-0.2, 0) is 4.74 Å². The monoisotopic (exact) mass is 614 g/mol. The zero-order chi connectivity index (χ0) is 32.1. The molecule has 0 N–H and O–H groups in total. The largest absolute Gasteiger partial charge is 0.494 e. The lowest BCUT2D eigenvalue weighted by molar-refractivity contribution is 0.0249. The molecule has 3 aromatic rings. The molecule has 0 aliphatic heterocycles. The van der Waals surface area contributed by atoms with Crippen molar-refractivity contribution in [2.75, 3.05) is 6.61 Å². The third-order valence-electron chi connectivity index (χ3n) is 8.16. The number of ether oxygens (including phenoxy) is 3. The second-order valence-corrected chi connectivity index (χ2v) is 12.0. The molecule has 0 unspecified atom stereocenters. The Morgan fingerprint density at radius 3 is 1.58 bits per heavy atom. The summed E-state index contributed by atoms with van der Waals surface area (Å²) in [6, 6.07) is 22.1. The normalized spacial score (nSPS) is 11.6. The van der Waals surface area contributed by atoms with Crippen LogP contribution >= 0.6 is 0 Å². The van der Waals surface area contributed by atoms with Crippen molar-refractivity contribution in [2.45, 2.75) is 123 Å². The quantitative estimate of drug-likeness (QED) is 0.0640. The maximum absolute atomic E-state index is 12.9. The van der Waals surface area contributed by atoms with Crippen LogP contribution in [0.1, 0.15) is 138 Å². The number of esters is 2. The lowest BCUT2D eigenvalue weighted by Gasteiger charge is -2.18. The fraction of sp³-hybridized carbons (Fsp3) is 0.500. The molecule has 5 nitrogen and oxygen atoms in total.